The number of aliphatic hydroxyl groups excluding tert-OH is 6. The van der Waals surface area contributed by atoms with Crippen molar-refractivity contribution in [3.8, 4) is 0 Å². The Morgan fingerprint density at radius 1 is 0.972 bits per heavy atom. The van der Waals surface area contributed by atoms with Crippen molar-refractivity contribution in [3.63, 3.8) is 0 Å². The first-order valence-electron chi connectivity index (χ1n) is 12.6. The number of carbonyl (C=O) groups excluding carboxylic acids is 1. The molecule has 0 aromatic carbocycles. The molecule has 0 bridgehead atoms. The van der Waals surface area contributed by atoms with Crippen LogP contribution in [-0.4, -0.2) is 111 Å². The van der Waals surface area contributed by atoms with Gasteiger partial charge in [0.05, 0.1) is 18.8 Å². The summed E-state index contributed by atoms with van der Waals surface area (Å²) in [6.07, 6.45) is -10.1. The summed E-state index contributed by atoms with van der Waals surface area (Å²) in [6.45, 7) is 9.09. The van der Waals surface area contributed by atoms with Gasteiger partial charge in [0, 0.05) is 6.42 Å². The molecule has 2 fully saturated rings. The van der Waals surface area contributed by atoms with Crippen molar-refractivity contribution in [2.24, 2.45) is 11.3 Å². The number of allylic oxidation sites excluding steroid dienone is 2. The van der Waals surface area contributed by atoms with E-state index in [9.17, 15) is 35.4 Å². The Labute approximate surface area is 211 Å². The zero-order chi connectivity index (χ0) is 26.9. The lowest BCUT2D eigenvalue weighted by Crippen LogP contribution is -2.61. The fourth-order valence-corrected chi connectivity index (χ4v) is 5.42. The second-order valence-corrected chi connectivity index (χ2v) is 11.1. The fourth-order valence-electron chi connectivity index (χ4n) is 5.42. The van der Waals surface area contributed by atoms with Crippen LogP contribution in [0.4, 0.5) is 0 Å². The van der Waals surface area contributed by atoms with Crippen molar-refractivity contribution in [1.82, 2.24) is 0 Å². The van der Waals surface area contributed by atoms with Crippen molar-refractivity contribution < 1.29 is 54.4 Å². The van der Waals surface area contributed by atoms with Crippen LogP contribution in [-0.2, 0) is 23.7 Å². The predicted molar refractivity (Wildman–Crippen MR) is 125 cm³/mol. The highest BCUT2D eigenvalue weighted by atomic mass is 16.7. The Hall–Kier alpha value is -0.990. The Balaban J connectivity index is 1.56. The van der Waals surface area contributed by atoms with Crippen LogP contribution < -0.4 is 0 Å². The topological polar surface area (TPSA) is 175 Å². The van der Waals surface area contributed by atoms with Crippen LogP contribution in [0.15, 0.2) is 11.6 Å². The molecule has 2 saturated heterocycles. The number of ketones is 1. The molecule has 1 aliphatic carbocycles. The maximum absolute atomic E-state index is 11.9. The lowest BCUT2D eigenvalue weighted by Gasteiger charge is -2.43. The maximum Gasteiger partial charge on any atom is 0.186 e. The van der Waals surface area contributed by atoms with E-state index in [1.54, 1.807) is 6.08 Å². The third-order valence-electron chi connectivity index (χ3n) is 7.64. The molecule has 2 unspecified atom stereocenters. The predicted octanol–water partition coefficient (Wildman–Crippen LogP) is -0.615. The SMILES string of the molecule is CC1=CC(=O)CC(C)(C)[C@@H]1CCC(C)OC1O[C@H](CO[C@@H]2O[C@@H](C)[C@H](O)[C@@H](O)[C@H]2O)[C@@H](O)[C@H](O)[C@H]1O. The number of hydrogen-bond acceptors (Lipinski definition) is 11. The Morgan fingerprint density at radius 3 is 2.22 bits per heavy atom. The number of carbonyl (C=O) groups is 1. The van der Waals surface area contributed by atoms with E-state index in [0.717, 1.165) is 12.0 Å². The molecule has 0 spiro atoms. The summed E-state index contributed by atoms with van der Waals surface area (Å²) >= 11 is 0. The van der Waals surface area contributed by atoms with Crippen molar-refractivity contribution in [2.45, 2.75) is 121 Å². The van der Waals surface area contributed by atoms with Crippen molar-refractivity contribution in [2.75, 3.05) is 6.61 Å². The van der Waals surface area contributed by atoms with Crippen LogP contribution in [0.5, 0.6) is 0 Å². The van der Waals surface area contributed by atoms with Gasteiger partial charge in [-0.25, -0.2) is 0 Å². The molecule has 12 atom stereocenters. The fraction of sp³-hybridized carbons (Fsp3) is 0.880. The Morgan fingerprint density at radius 2 is 1.58 bits per heavy atom. The van der Waals surface area contributed by atoms with Gasteiger partial charge in [-0.2, -0.15) is 0 Å². The number of ether oxygens (including phenoxy) is 4. The number of rotatable bonds is 8. The van der Waals surface area contributed by atoms with E-state index in [0.29, 0.717) is 12.8 Å². The van der Waals surface area contributed by atoms with Gasteiger partial charge in [-0.05, 0) is 51.0 Å². The average Bonchev–Trinajstić information content (AvgIpc) is 2.78. The van der Waals surface area contributed by atoms with Crippen LogP contribution in [0.25, 0.3) is 0 Å². The van der Waals surface area contributed by atoms with E-state index in [1.165, 1.54) is 6.92 Å². The lowest BCUT2D eigenvalue weighted by atomic mass is 9.66. The van der Waals surface area contributed by atoms with Crippen LogP contribution in [0.1, 0.15) is 53.9 Å². The number of hydrogen-bond donors (Lipinski definition) is 6. The monoisotopic (exact) mass is 518 g/mol. The van der Waals surface area contributed by atoms with E-state index in [2.05, 4.69) is 13.8 Å². The normalized spacial score (nSPS) is 44.2. The summed E-state index contributed by atoms with van der Waals surface area (Å²) in [6, 6.07) is 0. The lowest BCUT2D eigenvalue weighted by molar-refractivity contribution is -0.332. The standard InChI is InChI=1S/C25H42O11/c1-11-8-14(26)9-25(4,5)15(11)7-6-12(2)34-24-22(32)20(30)18(28)16(36-24)10-33-23-21(31)19(29)17(27)13(3)35-23/h8,12-13,15-24,27-32H,6-7,9-10H2,1-5H3/t12?,13-,15+,16+,17-,18+,19+,20-,21+,22+,23+,24?/m0/s1. The molecule has 208 valence electrons. The minimum Gasteiger partial charge on any atom is -0.388 e. The van der Waals surface area contributed by atoms with Gasteiger partial charge in [0.25, 0.3) is 0 Å². The van der Waals surface area contributed by atoms with E-state index >= 15 is 0 Å². The molecular formula is C25H42O11. The minimum atomic E-state index is -1.57. The molecule has 0 saturated carbocycles. The molecule has 11 heteroatoms. The second kappa shape index (κ2) is 11.8. The number of aliphatic hydroxyl groups is 6. The summed E-state index contributed by atoms with van der Waals surface area (Å²) in [4.78, 5) is 11.9. The molecule has 11 nitrogen and oxygen atoms in total. The molecule has 3 aliphatic rings. The van der Waals surface area contributed by atoms with E-state index in [4.69, 9.17) is 18.9 Å². The highest BCUT2D eigenvalue weighted by molar-refractivity contribution is 5.91. The molecule has 36 heavy (non-hydrogen) atoms. The van der Waals surface area contributed by atoms with Crippen LogP contribution in [0.3, 0.4) is 0 Å². The smallest absolute Gasteiger partial charge is 0.186 e. The quantitative estimate of drug-likeness (QED) is 0.242. The first-order chi connectivity index (χ1) is 16.7. The third-order valence-corrected chi connectivity index (χ3v) is 7.64. The van der Waals surface area contributed by atoms with E-state index < -0.39 is 61.4 Å². The highest BCUT2D eigenvalue weighted by Crippen LogP contribution is 2.42. The molecule has 0 aromatic rings. The first kappa shape index (κ1) is 29.6. The second-order valence-electron chi connectivity index (χ2n) is 11.1. The zero-order valence-electron chi connectivity index (χ0n) is 21.6. The molecule has 0 amide bonds. The maximum atomic E-state index is 11.9. The van der Waals surface area contributed by atoms with Gasteiger partial charge < -0.3 is 49.6 Å². The Kier molecular flexibility index (Phi) is 9.70. The largest absolute Gasteiger partial charge is 0.388 e. The van der Waals surface area contributed by atoms with E-state index in [-0.39, 0.29) is 29.8 Å². The molecular weight excluding hydrogens is 476 g/mol. The Bertz CT molecular complexity index is 786. The third kappa shape index (κ3) is 6.52. The van der Waals surface area contributed by atoms with Gasteiger partial charge in [0.1, 0.15) is 42.7 Å². The van der Waals surface area contributed by atoms with Gasteiger partial charge in [0.2, 0.25) is 0 Å². The molecule has 2 aliphatic heterocycles. The molecule has 0 radical (unpaired) electrons. The molecule has 0 aromatic heterocycles. The zero-order valence-corrected chi connectivity index (χ0v) is 21.6. The van der Waals surface area contributed by atoms with Gasteiger partial charge in [0.15, 0.2) is 18.4 Å². The molecule has 3 rings (SSSR count). The van der Waals surface area contributed by atoms with Crippen molar-refractivity contribution >= 4 is 5.78 Å². The van der Waals surface area contributed by atoms with Gasteiger partial charge in [-0.1, -0.05) is 19.4 Å². The summed E-state index contributed by atoms with van der Waals surface area (Å²) in [7, 11) is 0. The summed E-state index contributed by atoms with van der Waals surface area (Å²) in [5.74, 6) is 0.328. The first-order valence-corrected chi connectivity index (χ1v) is 12.6. The molecule has 6 N–H and O–H groups in total. The van der Waals surface area contributed by atoms with Crippen LogP contribution in [0, 0.1) is 11.3 Å². The van der Waals surface area contributed by atoms with Gasteiger partial charge >= 0.3 is 0 Å². The minimum absolute atomic E-state index is 0.129. The average molecular weight is 519 g/mol. The highest BCUT2D eigenvalue weighted by Gasteiger charge is 2.47. The summed E-state index contributed by atoms with van der Waals surface area (Å²) in [5, 5.41) is 61.1. The van der Waals surface area contributed by atoms with E-state index in [1.807, 2.05) is 13.8 Å². The molecule has 2 heterocycles. The van der Waals surface area contributed by atoms with Gasteiger partial charge in [-0.15, -0.1) is 0 Å². The van der Waals surface area contributed by atoms with Crippen molar-refractivity contribution in [1.29, 1.82) is 0 Å². The van der Waals surface area contributed by atoms with Crippen LogP contribution >= 0.6 is 0 Å². The summed E-state index contributed by atoms with van der Waals surface area (Å²) < 4.78 is 22.5. The van der Waals surface area contributed by atoms with Crippen LogP contribution in [0.2, 0.25) is 0 Å². The van der Waals surface area contributed by atoms with Gasteiger partial charge in [-0.3, -0.25) is 4.79 Å². The van der Waals surface area contributed by atoms with Crippen molar-refractivity contribution in [3.05, 3.63) is 11.6 Å². The summed E-state index contributed by atoms with van der Waals surface area (Å²) in [5.41, 5.74) is 0.860.